The molecule has 0 aromatic carbocycles. The number of pyridine rings is 1. The lowest BCUT2D eigenvalue weighted by molar-refractivity contribution is -0.141. The molecule has 6 nitrogen and oxygen atoms in total. The Morgan fingerprint density at radius 1 is 1.52 bits per heavy atom. The molecule has 0 saturated heterocycles. The molecule has 1 amide bonds. The number of nitrogens with one attached hydrogen (secondary N) is 1. The summed E-state index contributed by atoms with van der Waals surface area (Å²) in [6, 6.07) is 3.98. The number of fused-ring (bicyclic) bond motifs is 1. The minimum absolute atomic E-state index is 0.161. The van der Waals surface area contributed by atoms with Crippen LogP contribution in [0.1, 0.15) is 31.5 Å². The van der Waals surface area contributed by atoms with E-state index in [2.05, 4.69) is 15.5 Å². The van der Waals surface area contributed by atoms with Crippen molar-refractivity contribution in [3.63, 3.8) is 0 Å². The van der Waals surface area contributed by atoms with E-state index in [-0.39, 0.29) is 5.91 Å². The van der Waals surface area contributed by atoms with E-state index in [1.165, 1.54) is 0 Å². The van der Waals surface area contributed by atoms with Gasteiger partial charge in [0.2, 0.25) is 5.60 Å². The largest absolute Gasteiger partial charge is 0.379 e. The minimum atomic E-state index is -0.902. The summed E-state index contributed by atoms with van der Waals surface area (Å²) in [5, 5.41) is 6.76. The number of aryl methyl sites for hydroxylation is 1. The Hall–Kier alpha value is -2.37. The monoisotopic (exact) mass is 286 g/mol. The lowest BCUT2D eigenvalue weighted by Gasteiger charge is -2.20. The minimum Gasteiger partial charge on any atom is -0.379 e. The lowest BCUT2D eigenvalue weighted by Crippen LogP contribution is -2.44. The second-order valence-corrected chi connectivity index (χ2v) is 5.64. The van der Waals surface area contributed by atoms with Crippen molar-refractivity contribution in [2.24, 2.45) is 5.16 Å². The molecule has 0 fully saturated rings. The Balaban J connectivity index is 1.72. The topological polar surface area (TPSA) is 68.0 Å². The van der Waals surface area contributed by atoms with E-state index in [0.717, 1.165) is 22.6 Å². The van der Waals surface area contributed by atoms with Crippen LogP contribution in [0.2, 0.25) is 0 Å². The van der Waals surface area contributed by atoms with Crippen molar-refractivity contribution in [1.29, 1.82) is 0 Å². The third-order valence-electron chi connectivity index (χ3n) is 3.71. The highest BCUT2D eigenvalue weighted by atomic mass is 16.7. The summed E-state index contributed by atoms with van der Waals surface area (Å²) >= 11 is 0. The Labute approximate surface area is 122 Å². The molecule has 2 aromatic heterocycles. The zero-order valence-electron chi connectivity index (χ0n) is 12.4. The van der Waals surface area contributed by atoms with Gasteiger partial charge in [-0.25, -0.2) is 4.98 Å². The van der Waals surface area contributed by atoms with Crippen LogP contribution in [0, 0.1) is 6.92 Å². The van der Waals surface area contributed by atoms with Crippen LogP contribution in [0.15, 0.2) is 29.7 Å². The standard InChI is InChI=1S/C15H18N4O2/c1-10-5-4-6-19-12(8-16-13(10)19)9-17-14(20)15(3)7-11(2)18-21-15/h4-6,8H,7,9H2,1-3H3,(H,17,20)/t15-/m1/s1. The maximum Gasteiger partial charge on any atom is 0.267 e. The summed E-state index contributed by atoms with van der Waals surface area (Å²) in [5.41, 5.74) is 2.87. The molecule has 0 saturated carbocycles. The summed E-state index contributed by atoms with van der Waals surface area (Å²) in [6.07, 6.45) is 4.24. The van der Waals surface area contributed by atoms with Gasteiger partial charge in [0.05, 0.1) is 24.1 Å². The number of rotatable bonds is 3. The van der Waals surface area contributed by atoms with E-state index in [1.54, 1.807) is 13.1 Å². The summed E-state index contributed by atoms with van der Waals surface area (Å²) in [4.78, 5) is 21.9. The molecule has 1 atom stereocenters. The van der Waals surface area contributed by atoms with Crippen LogP contribution in [0.3, 0.4) is 0 Å². The number of carbonyl (C=O) groups excluding carboxylic acids is 1. The molecule has 1 aliphatic heterocycles. The molecule has 0 radical (unpaired) electrons. The van der Waals surface area contributed by atoms with E-state index in [4.69, 9.17) is 4.84 Å². The Morgan fingerprint density at radius 3 is 3.05 bits per heavy atom. The number of imidazole rings is 1. The summed E-state index contributed by atoms with van der Waals surface area (Å²) in [6.45, 7) is 6.02. The third-order valence-corrected chi connectivity index (χ3v) is 3.71. The second kappa shape index (κ2) is 4.87. The van der Waals surface area contributed by atoms with Crippen molar-refractivity contribution in [2.75, 3.05) is 0 Å². The quantitative estimate of drug-likeness (QED) is 0.935. The van der Waals surface area contributed by atoms with Crippen LogP contribution in [0.5, 0.6) is 0 Å². The Morgan fingerprint density at radius 2 is 2.33 bits per heavy atom. The smallest absolute Gasteiger partial charge is 0.267 e. The molecule has 110 valence electrons. The van der Waals surface area contributed by atoms with E-state index < -0.39 is 5.60 Å². The van der Waals surface area contributed by atoms with Crippen LogP contribution in [-0.4, -0.2) is 26.6 Å². The number of hydrogen-bond donors (Lipinski definition) is 1. The predicted octanol–water partition coefficient (Wildman–Crippen LogP) is 1.81. The molecule has 1 N–H and O–H groups in total. The van der Waals surface area contributed by atoms with Gasteiger partial charge in [0.15, 0.2) is 0 Å². The fourth-order valence-electron chi connectivity index (χ4n) is 2.54. The van der Waals surface area contributed by atoms with Crippen molar-refractivity contribution in [1.82, 2.24) is 14.7 Å². The highest BCUT2D eigenvalue weighted by Crippen LogP contribution is 2.23. The zero-order chi connectivity index (χ0) is 15.0. The van der Waals surface area contributed by atoms with Gasteiger partial charge in [-0.3, -0.25) is 4.79 Å². The highest BCUT2D eigenvalue weighted by molar-refractivity contribution is 5.94. The lowest BCUT2D eigenvalue weighted by atomic mass is 9.99. The molecule has 6 heteroatoms. The van der Waals surface area contributed by atoms with Crippen molar-refractivity contribution in [2.45, 2.75) is 39.3 Å². The number of nitrogens with zero attached hydrogens (tertiary/aromatic N) is 3. The predicted molar refractivity (Wildman–Crippen MR) is 79.0 cm³/mol. The molecule has 3 rings (SSSR count). The van der Waals surface area contributed by atoms with E-state index in [9.17, 15) is 4.79 Å². The van der Waals surface area contributed by atoms with Gasteiger partial charge in [0.1, 0.15) is 5.65 Å². The molecular formula is C15H18N4O2. The summed E-state index contributed by atoms with van der Waals surface area (Å²) in [7, 11) is 0. The van der Waals surface area contributed by atoms with Gasteiger partial charge in [-0.05, 0) is 32.4 Å². The van der Waals surface area contributed by atoms with Crippen molar-refractivity contribution < 1.29 is 9.63 Å². The van der Waals surface area contributed by atoms with Gasteiger partial charge in [-0.15, -0.1) is 0 Å². The van der Waals surface area contributed by atoms with E-state index in [1.807, 2.05) is 36.6 Å². The summed E-state index contributed by atoms with van der Waals surface area (Å²) < 4.78 is 1.98. The van der Waals surface area contributed by atoms with E-state index in [0.29, 0.717) is 13.0 Å². The molecule has 0 unspecified atom stereocenters. The van der Waals surface area contributed by atoms with Gasteiger partial charge in [-0.2, -0.15) is 0 Å². The van der Waals surface area contributed by atoms with Gasteiger partial charge in [0, 0.05) is 12.6 Å². The molecule has 1 aliphatic rings. The summed E-state index contributed by atoms with van der Waals surface area (Å²) in [5.74, 6) is -0.161. The average Bonchev–Trinajstić information content (AvgIpc) is 3.02. The van der Waals surface area contributed by atoms with Crippen molar-refractivity contribution in [3.8, 4) is 0 Å². The van der Waals surface area contributed by atoms with Crippen LogP contribution in [0.25, 0.3) is 5.65 Å². The molecule has 0 aliphatic carbocycles. The number of carbonyl (C=O) groups is 1. The third kappa shape index (κ3) is 2.37. The SMILES string of the molecule is CC1=NO[C@@](C)(C(=O)NCc2cnc3c(C)cccn23)C1. The number of amides is 1. The van der Waals surface area contributed by atoms with Crippen LogP contribution in [-0.2, 0) is 16.2 Å². The molecule has 0 bridgehead atoms. The van der Waals surface area contributed by atoms with Crippen molar-refractivity contribution in [3.05, 3.63) is 35.8 Å². The maximum atomic E-state index is 12.3. The Bertz CT molecular complexity index is 734. The van der Waals surface area contributed by atoms with Crippen LogP contribution in [0.4, 0.5) is 0 Å². The molecular weight excluding hydrogens is 268 g/mol. The fourth-order valence-corrected chi connectivity index (χ4v) is 2.54. The molecule has 21 heavy (non-hydrogen) atoms. The highest BCUT2D eigenvalue weighted by Gasteiger charge is 2.40. The number of hydrogen-bond acceptors (Lipinski definition) is 4. The van der Waals surface area contributed by atoms with Gasteiger partial charge < -0.3 is 14.6 Å². The first kappa shape index (κ1) is 13.6. The first-order valence-electron chi connectivity index (χ1n) is 6.91. The van der Waals surface area contributed by atoms with E-state index >= 15 is 0 Å². The molecule has 0 spiro atoms. The molecule has 3 heterocycles. The van der Waals surface area contributed by atoms with Crippen LogP contribution < -0.4 is 5.32 Å². The van der Waals surface area contributed by atoms with Gasteiger partial charge in [0.25, 0.3) is 5.91 Å². The van der Waals surface area contributed by atoms with Crippen molar-refractivity contribution >= 4 is 17.3 Å². The van der Waals surface area contributed by atoms with Crippen LogP contribution >= 0.6 is 0 Å². The zero-order valence-corrected chi connectivity index (χ0v) is 12.4. The normalized spacial score (nSPS) is 21.2. The first-order valence-corrected chi connectivity index (χ1v) is 6.91. The molecule has 2 aromatic rings. The second-order valence-electron chi connectivity index (χ2n) is 5.64. The average molecular weight is 286 g/mol. The van der Waals surface area contributed by atoms with Gasteiger partial charge in [-0.1, -0.05) is 11.2 Å². The first-order chi connectivity index (χ1) is 9.99. The fraction of sp³-hybridized carbons (Fsp3) is 0.400. The Kier molecular flexibility index (Phi) is 3.16. The maximum absolute atomic E-state index is 12.3. The number of aromatic nitrogens is 2. The number of oxime groups is 1. The van der Waals surface area contributed by atoms with Gasteiger partial charge >= 0.3 is 0 Å².